The monoisotopic (exact) mass is 478 g/mol. The van der Waals surface area contributed by atoms with Crippen molar-refractivity contribution in [1.82, 2.24) is 0 Å². The fraction of sp³-hybridized carbons (Fsp3) is 0. The molecule has 0 amide bonds. The number of rotatable bonds is 2. The molecule has 37 heavy (non-hydrogen) atoms. The van der Waals surface area contributed by atoms with E-state index < -0.39 is 24.2 Å². The average Bonchev–Trinajstić information content (AvgIpc) is 3.07. The molecule has 1 heterocycles. The Balaban J connectivity index is 1.68. The molecule has 0 fully saturated rings. The molecule has 0 aromatic heterocycles. The van der Waals surface area contributed by atoms with Crippen molar-refractivity contribution in [1.29, 1.82) is 0 Å². The van der Waals surface area contributed by atoms with E-state index in [0.717, 1.165) is 27.6 Å². The predicted molar refractivity (Wildman–Crippen MR) is 155 cm³/mol. The van der Waals surface area contributed by atoms with Gasteiger partial charge in [-0.05, 0) is 72.9 Å². The number of benzene rings is 7. The zero-order valence-corrected chi connectivity index (χ0v) is 19.5. The van der Waals surface area contributed by atoms with Gasteiger partial charge in [0.15, 0.2) is 0 Å². The Morgan fingerprint density at radius 1 is 0.432 bits per heavy atom. The molecule has 1 aliphatic heterocycles. The molecule has 0 radical (unpaired) electrons. The molecule has 1 heteroatoms. The van der Waals surface area contributed by atoms with Crippen LogP contribution < -0.4 is 4.74 Å². The van der Waals surface area contributed by atoms with Gasteiger partial charge in [-0.25, -0.2) is 0 Å². The molecular formula is C36H22O. The second-order valence-corrected chi connectivity index (χ2v) is 9.05. The molecule has 7 aromatic carbocycles. The third kappa shape index (κ3) is 2.92. The van der Waals surface area contributed by atoms with Gasteiger partial charge >= 0.3 is 0 Å². The second kappa shape index (κ2) is 7.81. The van der Waals surface area contributed by atoms with Gasteiger partial charge in [0.25, 0.3) is 0 Å². The topological polar surface area (TPSA) is 9.23 Å². The third-order valence-electron chi connectivity index (χ3n) is 7.11. The van der Waals surface area contributed by atoms with Gasteiger partial charge < -0.3 is 4.74 Å². The van der Waals surface area contributed by atoms with Gasteiger partial charge in [-0.2, -0.15) is 0 Å². The summed E-state index contributed by atoms with van der Waals surface area (Å²) in [5.74, 6) is 1.35. The number of hydrogen-bond donors (Lipinski definition) is 0. The van der Waals surface area contributed by atoms with E-state index in [0.29, 0.717) is 28.0 Å². The molecule has 0 bridgehead atoms. The van der Waals surface area contributed by atoms with Gasteiger partial charge in [0, 0.05) is 10.9 Å². The lowest BCUT2D eigenvalue weighted by Gasteiger charge is -2.24. The predicted octanol–water partition coefficient (Wildman–Crippen LogP) is 10.3. The van der Waals surface area contributed by atoms with Crippen LogP contribution in [0.3, 0.4) is 0 Å². The Kier molecular flexibility index (Phi) is 2.96. The summed E-state index contributed by atoms with van der Waals surface area (Å²) in [5.41, 5.74) is 3.65. The first-order chi connectivity index (χ1) is 21.7. The zero-order chi connectivity index (χ0) is 31.3. The minimum absolute atomic E-state index is 0.190. The highest BCUT2D eigenvalue weighted by atomic mass is 16.5. The highest BCUT2D eigenvalue weighted by Crippen LogP contribution is 2.51. The Bertz CT molecular complexity index is 2360. The Morgan fingerprint density at radius 3 is 1.78 bits per heavy atom. The van der Waals surface area contributed by atoms with Crippen LogP contribution >= 0.6 is 0 Å². The van der Waals surface area contributed by atoms with Crippen LogP contribution in [-0.4, -0.2) is 0 Å². The Hall–Kier alpha value is -4.88. The highest BCUT2D eigenvalue weighted by Gasteiger charge is 2.23. The molecule has 0 spiro atoms. The SMILES string of the molecule is [2H]c1c([2H])c([2H])c2c(-c3ccc4c5c(cccc35)-c3ccccc3O4)c3c([2H])c([2H])c([2H])c([2H])c3c(-c3ccccc3)c2c1[2H]. The summed E-state index contributed by atoms with van der Waals surface area (Å²) in [5, 5.41) is 2.31. The Labute approximate surface area is 226 Å². The standard InChI is InChI=1S/C36H22O/c1-2-11-23(12-3-1)34-26-14-4-6-16-28(26)35(29-17-7-5-15-27(29)34)31-21-22-33-36-25(18-10-19-30(31)36)24-13-8-9-20-32(24)37-33/h1-22H/i4D,5D,6D,7D,14D,15D,16D,17D. The van der Waals surface area contributed by atoms with Crippen LogP contribution in [0, 0.1) is 0 Å². The van der Waals surface area contributed by atoms with Crippen molar-refractivity contribution < 1.29 is 15.7 Å². The van der Waals surface area contributed by atoms with E-state index >= 15 is 0 Å². The molecule has 0 atom stereocenters. The molecular weight excluding hydrogens is 448 g/mol. The van der Waals surface area contributed by atoms with Crippen LogP contribution in [0.25, 0.3) is 65.7 Å². The van der Waals surface area contributed by atoms with Gasteiger partial charge in [0.05, 0.1) is 11.0 Å². The molecule has 8 rings (SSSR count). The van der Waals surface area contributed by atoms with Gasteiger partial charge in [0.1, 0.15) is 11.5 Å². The van der Waals surface area contributed by atoms with E-state index in [-0.39, 0.29) is 45.7 Å². The van der Waals surface area contributed by atoms with Crippen LogP contribution in [0.2, 0.25) is 0 Å². The molecule has 0 N–H and O–H groups in total. The lowest BCUT2D eigenvalue weighted by Crippen LogP contribution is -1.98. The van der Waals surface area contributed by atoms with Crippen LogP contribution in [0.1, 0.15) is 11.0 Å². The highest BCUT2D eigenvalue weighted by molar-refractivity contribution is 6.24. The summed E-state index contributed by atoms with van der Waals surface area (Å²) in [6.07, 6.45) is 0. The lowest BCUT2D eigenvalue weighted by molar-refractivity contribution is 0.487. The summed E-state index contributed by atoms with van der Waals surface area (Å²) in [6.45, 7) is 0. The van der Waals surface area contributed by atoms with E-state index in [1.807, 2.05) is 60.7 Å². The summed E-state index contributed by atoms with van der Waals surface area (Å²) in [6, 6.07) is 23.4. The fourth-order valence-electron chi connectivity index (χ4n) is 5.59. The first-order valence-corrected chi connectivity index (χ1v) is 12.1. The maximum atomic E-state index is 9.20. The van der Waals surface area contributed by atoms with Crippen molar-refractivity contribution in [2.24, 2.45) is 0 Å². The van der Waals surface area contributed by atoms with Crippen LogP contribution in [0.15, 0.2) is 133 Å². The smallest absolute Gasteiger partial charge is 0.135 e. The van der Waals surface area contributed by atoms with Gasteiger partial charge in [-0.3, -0.25) is 0 Å². The summed E-state index contributed by atoms with van der Waals surface area (Å²) >= 11 is 0. The van der Waals surface area contributed by atoms with Crippen molar-refractivity contribution >= 4 is 32.3 Å². The van der Waals surface area contributed by atoms with Crippen molar-refractivity contribution in [2.45, 2.75) is 0 Å². The first-order valence-electron chi connectivity index (χ1n) is 16.1. The molecule has 1 aliphatic rings. The zero-order valence-electron chi connectivity index (χ0n) is 27.5. The molecule has 7 aromatic rings. The van der Waals surface area contributed by atoms with Crippen molar-refractivity contribution in [3.63, 3.8) is 0 Å². The molecule has 172 valence electrons. The van der Waals surface area contributed by atoms with E-state index in [1.54, 1.807) is 24.3 Å². The minimum Gasteiger partial charge on any atom is -0.456 e. The Morgan fingerprint density at radius 2 is 1.05 bits per heavy atom. The van der Waals surface area contributed by atoms with E-state index in [2.05, 4.69) is 0 Å². The van der Waals surface area contributed by atoms with E-state index in [1.165, 1.54) is 0 Å². The van der Waals surface area contributed by atoms with Gasteiger partial charge in [0.2, 0.25) is 0 Å². The molecule has 0 saturated heterocycles. The molecule has 0 aliphatic carbocycles. The minimum atomic E-state index is -0.423. The van der Waals surface area contributed by atoms with Crippen LogP contribution in [-0.2, 0) is 0 Å². The summed E-state index contributed by atoms with van der Waals surface area (Å²) < 4.78 is 77.5. The number of para-hydroxylation sites is 1. The molecule has 0 unspecified atom stereocenters. The largest absolute Gasteiger partial charge is 0.456 e. The van der Waals surface area contributed by atoms with Crippen molar-refractivity contribution in [3.05, 3.63) is 133 Å². The molecule has 0 saturated carbocycles. The average molecular weight is 479 g/mol. The van der Waals surface area contributed by atoms with E-state index in [9.17, 15) is 2.74 Å². The number of ether oxygens (including phenoxy) is 1. The van der Waals surface area contributed by atoms with Crippen molar-refractivity contribution in [2.75, 3.05) is 0 Å². The quantitative estimate of drug-likeness (QED) is 0.225. The summed E-state index contributed by atoms with van der Waals surface area (Å²) in [4.78, 5) is 0. The number of fused-ring (bicyclic) bond motifs is 4. The first kappa shape index (κ1) is 14.0. The fourth-order valence-corrected chi connectivity index (χ4v) is 5.59. The second-order valence-electron chi connectivity index (χ2n) is 9.05. The van der Waals surface area contributed by atoms with Crippen LogP contribution in [0.5, 0.6) is 11.5 Å². The third-order valence-corrected chi connectivity index (χ3v) is 7.11. The maximum absolute atomic E-state index is 9.20. The van der Waals surface area contributed by atoms with Gasteiger partial charge in [-0.1, -0.05) is 115 Å². The molecule has 1 nitrogen and oxygen atoms in total. The number of hydrogen-bond acceptors (Lipinski definition) is 1. The normalized spacial score (nSPS) is 15.0. The lowest BCUT2D eigenvalue weighted by atomic mass is 9.83. The summed E-state index contributed by atoms with van der Waals surface area (Å²) in [7, 11) is 0. The van der Waals surface area contributed by atoms with E-state index in [4.69, 9.17) is 13.0 Å². The van der Waals surface area contributed by atoms with Crippen molar-refractivity contribution in [3.8, 4) is 44.9 Å². The van der Waals surface area contributed by atoms with Crippen LogP contribution in [0.4, 0.5) is 0 Å². The maximum Gasteiger partial charge on any atom is 0.135 e. The van der Waals surface area contributed by atoms with Gasteiger partial charge in [-0.15, -0.1) is 0 Å².